The molecule has 1 saturated heterocycles. The summed E-state index contributed by atoms with van der Waals surface area (Å²) in [6.45, 7) is 15.0. The summed E-state index contributed by atoms with van der Waals surface area (Å²) < 4.78 is 27.6. The topological polar surface area (TPSA) is 40.6 Å². The molecule has 1 fully saturated rings. The second-order valence-electron chi connectivity index (χ2n) is 7.29. The van der Waals surface area contributed by atoms with Gasteiger partial charge in [-0.05, 0) is 52.7 Å². The monoisotopic (exact) mass is 324 g/mol. The Morgan fingerprint density at radius 3 is 1.77 bits per heavy atom. The van der Waals surface area contributed by atoms with Crippen molar-refractivity contribution in [2.45, 2.75) is 52.0 Å². The second kappa shape index (κ2) is 5.95. The Balaban J connectivity index is 2.27. The van der Waals surface area contributed by atoms with Gasteiger partial charge in [0, 0.05) is 31.7 Å². The Bertz CT molecular complexity index is 629. The maximum Gasteiger partial charge on any atom is 0.243 e. The van der Waals surface area contributed by atoms with E-state index in [-0.39, 0.29) is 5.54 Å². The van der Waals surface area contributed by atoms with Gasteiger partial charge in [0.25, 0.3) is 0 Å². The molecule has 5 heteroatoms. The molecule has 0 aromatic heterocycles. The number of hydrogen-bond donors (Lipinski definition) is 0. The van der Waals surface area contributed by atoms with Gasteiger partial charge in [0.1, 0.15) is 0 Å². The van der Waals surface area contributed by atoms with E-state index < -0.39 is 10.0 Å². The Labute approximate surface area is 135 Å². The fourth-order valence-corrected chi connectivity index (χ4v) is 5.14. The summed E-state index contributed by atoms with van der Waals surface area (Å²) in [4.78, 5) is 2.83. The maximum absolute atomic E-state index is 13.0. The molecule has 0 aliphatic carbocycles. The first-order valence-corrected chi connectivity index (χ1v) is 9.30. The van der Waals surface area contributed by atoms with Crippen LogP contribution in [0.15, 0.2) is 17.0 Å². The van der Waals surface area contributed by atoms with Crippen molar-refractivity contribution < 1.29 is 8.42 Å². The third-order valence-corrected chi connectivity index (χ3v) is 6.59. The lowest BCUT2D eigenvalue weighted by molar-refractivity contribution is 0.0921. The van der Waals surface area contributed by atoms with Crippen LogP contribution in [0.5, 0.6) is 0 Å². The Morgan fingerprint density at radius 1 is 0.909 bits per heavy atom. The van der Waals surface area contributed by atoms with Gasteiger partial charge in [0.2, 0.25) is 10.0 Å². The van der Waals surface area contributed by atoms with Crippen molar-refractivity contribution in [2.75, 3.05) is 26.2 Å². The standard InChI is InChI=1S/C17H28N2O2S/c1-13-11-14(2)16(15(3)12-13)22(20,21)19-9-7-18(8-10-19)17(4,5)6/h11-12H,7-10H2,1-6H3. The zero-order chi connectivity index (χ0) is 16.7. The summed E-state index contributed by atoms with van der Waals surface area (Å²) >= 11 is 0. The molecular formula is C17H28N2O2S. The van der Waals surface area contributed by atoms with E-state index in [0.29, 0.717) is 18.0 Å². The average molecular weight is 324 g/mol. The predicted octanol–water partition coefficient (Wildman–Crippen LogP) is 2.72. The zero-order valence-corrected chi connectivity index (χ0v) is 15.4. The summed E-state index contributed by atoms with van der Waals surface area (Å²) in [6, 6.07) is 3.90. The molecule has 22 heavy (non-hydrogen) atoms. The summed E-state index contributed by atoms with van der Waals surface area (Å²) in [6.07, 6.45) is 0. The molecule has 1 aliphatic heterocycles. The number of rotatable bonds is 2. The van der Waals surface area contributed by atoms with Crippen LogP contribution in [0, 0.1) is 20.8 Å². The minimum atomic E-state index is -3.40. The van der Waals surface area contributed by atoms with Crippen molar-refractivity contribution in [2.24, 2.45) is 0 Å². The molecule has 0 amide bonds. The van der Waals surface area contributed by atoms with Crippen molar-refractivity contribution >= 4 is 10.0 Å². The molecule has 1 heterocycles. The molecule has 124 valence electrons. The summed E-state index contributed by atoms with van der Waals surface area (Å²) in [5, 5.41) is 0. The molecule has 0 bridgehead atoms. The van der Waals surface area contributed by atoms with E-state index in [1.807, 2.05) is 32.9 Å². The van der Waals surface area contributed by atoms with Crippen LogP contribution in [0.2, 0.25) is 0 Å². The molecule has 0 saturated carbocycles. The number of aryl methyl sites for hydroxylation is 3. The molecule has 0 spiro atoms. The van der Waals surface area contributed by atoms with Crippen molar-refractivity contribution in [3.63, 3.8) is 0 Å². The average Bonchev–Trinajstić information content (AvgIpc) is 2.36. The SMILES string of the molecule is Cc1cc(C)c(S(=O)(=O)N2CCN(C(C)(C)C)CC2)c(C)c1. The first-order chi connectivity index (χ1) is 10.0. The summed E-state index contributed by atoms with van der Waals surface area (Å²) in [7, 11) is -3.40. The van der Waals surface area contributed by atoms with Gasteiger partial charge >= 0.3 is 0 Å². The Hall–Kier alpha value is -0.910. The number of nitrogens with zero attached hydrogens (tertiary/aromatic N) is 2. The molecule has 0 atom stereocenters. The number of hydrogen-bond acceptors (Lipinski definition) is 3. The lowest BCUT2D eigenvalue weighted by atomic mass is 10.1. The van der Waals surface area contributed by atoms with Gasteiger partial charge in [-0.2, -0.15) is 4.31 Å². The smallest absolute Gasteiger partial charge is 0.243 e. The summed E-state index contributed by atoms with van der Waals surface area (Å²) in [5.74, 6) is 0. The minimum absolute atomic E-state index is 0.0888. The van der Waals surface area contributed by atoms with Crippen molar-refractivity contribution in [1.29, 1.82) is 0 Å². The van der Waals surface area contributed by atoms with E-state index in [9.17, 15) is 8.42 Å². The molecule has 2 rings (SSSR count). The van der Waals surface area contributed by atoms with Crippen LogP contribution in [0.1, 0.15) is 37.5 Å². The van der Waals surface area contributed by atoms with Gasteiger partial charge in [0.15, 0.2) is 0 Å². The van der Waals surface area contributed by atoms with Crippen LogP contribution < -0.4 is 0 Å². The highest BCUT2D eigenvalue weighted by atomic mass is 32.2. The first kappa shape index (κ1) is 17.4. The molecular weight excluding hydrogens is 296 g/mol. The third-order valence-electron chi connectivity index (χ3n) is 4.39. The van der Waals surface area contributed by atoms with E-state index in [2.05, 4.69) is 25.7 Å². The highest BCUT2D eigenvalue weighted by Gasteiger charge is 2.33. The normalized spacial score (nSPS) is 18.6. The van der Waals surface area contributed by atoms with E-state index >= 15 is 0 Å². The molecule has 0 unspecified atom stereocenters. The largest absolute Gasteiger partial charge is 0.296 e. The van der Waals surface area contributed by atoms with Gasteiger partial charge in [-0.3, -0.25) is 4.90 Å². The number of piperazine rings is 1. The van der Waals surface area contributed by atoms with Gasteiger partial charge in [-0.15, -0.1) is 0 Å². The second-order valence-corrected chi connectivity index (χ2v) is 9.16. The fourth-order valence-electron chi connectivity index (χ4n) is 3.30. The van der Waals surface area contributed by atoms with Gasteiger partial charge in [-0.25, -0.2) is 8.42 Å². The van der Waals surface area contributed by atoms with Gasteiger partial charge in [-0.1, -0.05) is 17.7 Å². The van der Waals surface area contributed by atoms with Crippen LogP contribution in [0.4, 0.5) is 0 Å². The highest BCUT2D eigenvalue weighted by Crippen LogP contribution is 2.27. The first-order valence-electron chi connectivity index (χ1n) is 7.86. The zero-order valence-electron chi connectivity index (χ0n) is 14.6. The molecule has 1 aromatic carbocycles. The minimum Gasteiger partial charge on any atom is -0.296 e. The van der Waals surface area contributed by atoms with Crippen LogP contribution in [-0.4, -0.2) is 49.3 Å². The molecule has 0 radical (unpaired) electrons. The van der Waals surface area contributed by atoms with Crippen molar-refractivity contribution in [3.05, 3.63) is 28.8 Å². The van der Waals surface area contributed by atoms with E-state index in [4.69, 9.17) is 0 Å². The van der Waals surface area contributed by atoms with Crippen molar-refractivity contribution in [3.8, 4) is 0 Å². The fraction of sp³-hybridized carbons (Fsp3) is 0.647. The van der Waals surface area contributed by atoms with E-state index in [1.54, 1.807) is 4.31 Å². The maximum atomic E-state index is 13.0. The van der Waals surface area contributed by atoms with E-state index in [0.717, 1.165) is 29.8 Å². The molecule has 1 aliphatic rings. The van der Waals surface area contributed by atoms with Crippen LogP contribution in [-0.2, 0) is 10.0 Å². The Kier molecular flexibility index (Phi) is 4.71. The van der Waals surface area contributed by atoms with Gasteiger partial charge < -0.3 is 0 Å². The van der Waals surface area contributed by atoms with Gasteiger partial charge in [0.05, 0.1) is 4.90 Å². The van der Waals surface area contributed by atoms with E-state index in [1.165, 1.54) is 0 Å². The predicted molar refractivity (Wildman–Crippen MR) is 90.7 cm³/mol. The van der Waals surface area contributed by atoms with Crippen LogP contribution in [0.25, 0.3) is 0 Å². The van der Waals surface area contributed by atoms with Crippen LogP contribution in [0.3, 0.4) is 0 Å². The van der Waals surface area contributed by atoms with Crippen LogP contribution >= 0.6 is 0 Å². The Morgan fingerprint density at radius 2 is 1.36 bits per heavy atom. The quantitative estimate of drug-likeness (QED) is 0.840. The lowest BCUT2D eigenvalue weighted by Crippen LogP contribution is -2.54. The third kappa shape index (κ3) is 3.36. The van der Waals surface area contributed by atoms with Crippen molar-refractivity contribution in [1.82, 2.24) is 9.21 Å². The molecule has 1 aromatic rings. The molecule has 0 N–H and O–H groups in total. The molecule has 4 nitrogen and oxygen atoms in total. The number of benzene rings is 1. The lowest BCUT2D eigenvalue weighted by Gasteiger charge is -2.41. The number of sulfonamides is 1. The summed E-state index contributed by atoms with van der Waals surface area (Å²) in [5.41, 5.74) is 2.88. The highest BCUT2D eigenvalue weighted by molar-refractivity contribution is 7.89.